The zero-order valence-electron chi connectivity index (χ0n) is 14.4. The SMILES string of the molecule is C=C([NH-])/N=C(\C=C/C)c1c(-c2ccc(F)cc2)c(=O)n2n1CCC2.[Rb+]. The average Bonchev–Trinajstić information content (AvgIpc) is 3.10. The molecule has 3 rings (SSSR count). The van der Waals surface area contributed by atoms with Crippen molar-refractivity contribution < 1.29 is 62.6 Å². The number of aromatic nitrogens is 2. The molecule has 1 aliphatic heterocycles. The van der Waals surface area contributed by atoms with Crippen LogP contribution in [0.15, 0.2) is 58.6 Å². The number of nitrogens with one attached hydrogen (secondary N) is 1. The summed E-state index contributed by atoms with van der Waals surface area (Å²) < 4.78 is 16.8. The zero-order chi connectivity index (χ0) is 17.3. The van der Waals surface area contributed by atoms with Gasteiger partial charge in [-0.2, -0.15) is 0 Å². The third-order valence-electron chi connectivity index (χ3n) is 3.93. The summed E-state index contributed by atoms with van der Waals surface area (Å²) in [5, 5.41) is 0. The monoisotopic (exact) mass is 410 g/mol. The van der Waals surface area contributed by atoms with Crippen LogP contribution in [0.3, 0.4) is 0 Å². The van der Waals surface area contributed by atoms with E-state index in [0.717, 1.165) is 6.42 Å². The van der Waals surface area contributed by atoms with E-state index in [9.17, 15) is 9.18 Å². The second kappa shape index (κ2) is 8.53. The number of hydrogen-bond acceptors (Lipinski definition) is 2. The second-order valence-corrected chi connectivity index (χ2v) is 5.58. The maximum absolute atomic E-state index is 13.3. The van der Waals surface area contributed by atoms with Gasteiger partial charge in [0.25, 0.3) is 5.56 Å². The maximum atomic E-state index is 13.3. The van der Waals surface area contributed by atoms with Gasteiger partial charge in [-0.05, 0) is 36.8 Å². The minimum atomic E-state index is -0.353. The standard InChI is InChI=1S/C18H18FN4O.Rb/c1-3-5-15(21-12(2)20)17-16(13-6-8-14(19)9-7-13)18(24)23-11-4-10-22(17)23;/h3,5-9,20H,2,4,10-11H2,1H3;/q-1;+1/b5-3-,21-15+;. The Morgan fingerprint density at radius 3 is 2.52 bits per heavy atom. The number of fused-ring (bicyclic) bond motifs is 1. The smallest absolute Gasteiger partial charge is 0.483 e. The third-order valence-corrected chi connectivity index (χ3v) is 3.93. The largest absolute Gasteiger partial charge is 1.00 e. The molecular weight excluding hydrogens is 393 g/mol. The predicted molar refractivity (Wildman–Crippen MR) is 93.5 cm³/mol. The molecule has 0 unspecified atom stereocenters. The van der Waals surface area contributed by atoms with Gasteiger partial charge < -0.3 is 10.7 Å². The molecule has 1 aliphatic rings. The van der Waals surface area contributed by atoms with Crippen LogP contribution in [0.2, 0.25) is 0 Å². The summed E-state index contributed by atoms with van der Waals surface area (Å²) in [5.41, 5.74) is 9.73. The molecule has 7 heteroatoms. The van der Waals surface area contributed by atoms with Gasteiger partial charge in [0.2, 0.25) is 0 Å². The van der Waals surface area contributed by atoms with E-state index in [4.69, 9.17) is 5.73 Å². The Balaban J connectivity index is 0.00000225. The predicted octanol–water partition coefficient (Wildman–Crippen LogP) is 0.752. The molecular formula is C18H18FN4ORb. The Morgan fingerprint density at radius 2 is 1.92 bits per heavy atom. The summed E-state index contributed by atoms with van der Waals surface area (Å²) in [6.07, 6.45) is 4.44. The molecule has 0 amide bonds. The normalized spacial score (nSPS) is 13.8. The molecule has 0 fully saturated rings. The Kier molecular flexibility index (Phi) is 6.90. The van der Waals surface area contributed by atoms with Crippen molar-refractivity contribution in [3.8, 4) is 11.1 Å². The van der Waals surface area contributed by atoms with Gasteiger partial charge in [0.05, 0.1) is 11.3 Å². The van der Waals surface area contributed by atoms with Crippen LogP contribution in [0.5, 0.6) is 0 Å². The average molecular weight is 411 g/mol. The summed E-state index contributed by atoms with van der Waals surface area (Å²) >= 11 is 0. The van der Waals surface area contributed by atoms with Crippen molar-refractivity contribution in [3.63, 3.8) is 0 Å². The Morgan fingerprint density at radius 1 is 1.28 bits per heavy atom. The molecule has 1 aromatic heterocycles. The molecule has 1 aromatic carbocycles. The Labute approximate surface area is 194 Å². The minimum absolute atomic E-state index is 0. The number of allylic oxidation sites excluding steroid dienone is 2. The molecule has 2 heterocycles. The number of rotatable bonds is 4. The van der Waals surface area contributed by atoms with E-state index in [2.05, 4.69) is 11.6 Å². The Hall–Kier alpha value is -1.08. The fourth-order valence-electron chi connectivity index (χ4n) is 3.02. The first-order valence-corrected chi connectivity index (χ1v) is 7.74. The van der Waals surface area contributed by atoms with Crippen LogP contribution >= 0.6 is 0 Å². The first kappa shape index (κ1) is 20.2. The summed E-state index contributed by atoms with van der Waals surface area (Å²) in [5.74, 6) is -0.437. The van der Waals surface area contributed by atoms with E-state index in [-0.39, 0.29) is 75.4 Å². The van der Waals surface area contributed by atoms with E-state index >= 15 is 0 Å². The van der Waals surface area contributed by atoms with Gasteiger partial charge in [-0.1, -0.05) is 30.1 Å². The van der Waals surface area contributed by atoms with Crippen LogP contribution in [0, 0.1) is 5.82 Å². The molecule has 0 bridgehead atoms. The maximum Gasteiger partial charge on any atom is 1.00 e. The molecule has 1 N–H and O–H groups in total. The van der Waals surface area contributed by atoms with Gasteiger partial charge in [-0.15, -0.1) is 6.58 Å². The van der Waals surface area contributed by atoms with Crippen LogP contribution in [0.25, 0.3) is 16.9 Å². The van der Waals surface area contributed by atoms with Crippen molar-refractivity contribution in [2.24, 2.45) is 4.99 Å². The van der Waals surface area contributed by atoms with Crippen LogP contribution < -0.4 is 63.7 Å². The molecule has 5 nitrogen and oxygen atoms in total. The van der Waals surface area contributed by atoms with Crippen molar-refractivity contribution in [2.45, 2.75) is 26.4 Å². The summed E-state index contributed by atoms with van der Waals surface area (Å²) in [7, 11) is 0. The molecule has 0 saturated heterocycles. The number of halogens is 1. The van der Waals surface area contributed by atoms with Crippen molar-refractivity contribution in [2.75, 3.05) is 0 Å². The van der Waals surface area contributed by atoms with Crippen LogP contribution in [0.4, 0.5) is 4.39 Å². The fraction of sp³-hybridized carbons (Fsp3) is 0.222. The van der Waals surface area contributed by atoms with Gasteiger partial charge in [0.15, 0.2) is 0 Å². The molecule has 124 valence electrons. The minimum Gasteiger partial charge on any atom is -0.483 e. The van der Waals surface area contributed by atoms with Crippen LogP contribution in [0.1, 0.15) is 19.0 Å². The number of benzene rings is 1. The molecule has 0 saturated carbocycles. The molecule has 2 aromatic rings. The molecule has 0 aliphatic carbocycles. The zero-order valence-corrected chi connectivity index (χ0v) is 19.3. The second-order valence-electron chi connectivity index (χ2n) is 5.58. The first-order chi connectivity index (χ1) is 11.5. The summed E-state index contributed by atoms with van der Waals surface area (Å²) in [6, 6.07) is 5.85. The van der Waals surface area contributed by atoms with E-state index in [0.29, 0.717) is 35.6 Å². The molecule has 0 atom stereocenters. The quantitative estimate of drug-likeness (QED) is 0.686. The summed E-state index contributed by atoms with van der Waals surface area (Å²) in [4.78, 5) is 17.0. The van der Waals surface area contributed by atoms with E-state index in [1.807, 2.05) is 11.6 Å². The number of aliphatic imine (C=N–C) groups is 1. The van der Waals surface area contributed by atoms with Gasteiger partial charge in [-0.25, -0.2) is 9.07 Å². The number of hydrogen-bond donors (Lipinski definition) is 0. The van der Waals surface area contributed by atoms with E-state index in [1.54, 1.807) is 29.0 Å². The topological polar surface area (TPSA) is 63.1 Å². The molecule has 0 radical (unpaired) electrons. The number of nitrogens with zero attached hydrogens (tertiary/aromatic N) is 3. The van der Waals surface area contributed by atoms with Gasteiger partial charge in [0, 0.05) is 13.1 Å². The van der Waals surface area contributed by atoms with E-state index in [1.165, 1.54) is 12.1 Å². The third kappa shape index (κ3) is 4.02. The van der Waals surface area contributed by atoms with E-state index < -0.39 is 0 Å². The fourth-order valence-corrected chi connectivity index (χ4v) is 3.02. The summed E-state index contributed by atoms with van der Waals surface area (Å²) in [6.45, 7) is 6.70. The van der Waals surface area contributed by atoms with Crippen molar-refractivity contribution >= 4 is 5.71 Å². The van der Waals surface area contributed by atoms with Crippen molar-refractivity contribution in [1.29, 1.82) is 0 Å². The van der Waals surface area contributed by atoms with Crippen molar-refractivity contribution in [1.82, 2.24) is 9.36 Å². The van der Waals surface area contributed by atoms with Gasteiger partial charge in [-0.3, -0.25) is 9.48 Å². The molecule has 0 spiro atoms. The van der Waals surface area contributed by atoms with Crippen LogP contribution in [-0.2, 0) is 13.1 Å². The molecule has 25 heavy (non-hydrogen) atoms. The first-order valence-electron chi connectivity index (χ1n) is 7.74. The van der Waals surface area contributed by atoms with Gasteiger partial charge in [0.1, 0.15) is 5.82 Å². The Bertz CT molecular complexity index is 906. The van der Waals surface area contributed by atoms with Gasteiger partial charge >= 0.3 is 58.2 Å². The van der Waals surface area contributed by atoms with Crippen molar-refractivity contribution in [3.05, 3.63) is 76.4 Å². The van der Waals surface area contributed by atoms with Crippen LogP contribution in [-0.4, -0.2) is 15.1 Å².